The van der Waals surface area contributed by atoms with Crippen LogP contribution in [0.25, 0.3) is 11.5 Å². The Labute approximate surface area is 205 Å². The lowest BCUT2D eigenvalue weighted by Gasteiger charge is -2.23. The van der Waals surface area contributed by atoms with Crippen molar-refractivity contribution in [3.05, 3.63) is 116 Å². The summed E-state index contributed by atoms with van der Waals surface area (Å²) < 4.78 is 0. The third kappa shape index (κ3) is 5.99. The molecule has 0 amide bonds. The normalized spacial score (nSPS) is 12.1. The summed E-state index contributed by atoms with van der Waals surface area (Å²) in [6, 6.07) is 19.1. The molecule has 0 saturated heterocycles. The van der Waals surface area contributed by atoms with Crippen LogP contribution in [0.2, 0.25) is 0 Å². The van der Waals surface area contributed by atoms with Crippen LogP contribution in [-0.2, 0) is 0 Å². The van der Waals surface area contributed by atoms with Crippen molar-refractivity contribution in [2.24, 2.45) is 0 Å². The fourth-order valence-corrected chi connectivity index (χ4v) is 3.14. The van der Waals surface area contributed by atoms with E-state index in [4.69, 9.17) is 0 Å². The van der Waals surface area contributed by atoms with Crippen LogP contribution in [0.4, 0.5) is 22.7 Å². The van der Waals surface area contributed by atoms with Gasteiger partial charge >= 0.3 is 0 Å². The van der Waals surface area contributed by atoms with Crippen molar-refractivity contribution < 1.29 is 20.1 Å². The molecular weight excluding hydrogens is 468 g/mol. The van der Waals surface area contributed by atoms with Gasteiger partial charge in [-0.05, 0) is 44.2 Å². The van der Waals surface area contributed by atoms with Gasteiger partial charge in [0.15, 0.2) is 0 Å². The minimum Gasteiger partial charge on any atom is -0.871 e. The standard InChI is InChI=1S/C24H24N6O6/c1-15(25-27-17-9-5-3-6-10-17)23(31)19-13-20(22(30(35)36)14-21(19)29(33)34)24(32)16(2)26-28-18-11-7-4-8-12-18/h3-14,25-28,31-32H,1-2H3/p-2. The molecule has 0 saturated carbocycles. The molecule has 0 aromatic heterocycles. The first kappa shape index (κ1) is 25.4. The van der Waals surface area contributed by atoms with E-state index in [2.05, 4.69) is 21.7 Å². The van der Waals surface area contributed by atoms with Crippen molar-refractivity contribution in [3.8, 4) is 0 Å². The third-order valence-electron chi connectivity index (χ3n) is 5.01. The van der Waals surface area contributed by atoms with Crippen molar-refractivity contribution in [2.75, 3.05) is 10.9 Å². The molecule has 0 unspecified atom stereocenters. The maximum absolute atomic E-state index is 13.1. The number of hydrogen-bond donors (Lipinski definition) is 4. The van der Waals surface area contributed by atoms with Crippen molar-refractivity contribution in [1.29, 1.82) is 0 Å². The Morgan fingerprint density at radius 3 is 1.33 bits per heavy atom. The molecule has 3 aromatic carbocycles. The van der Waals surface area contributed by atoms with Crippen LogP contribution in [0.3, 0.4) is 0 Å². The summed E-state index contributed by atoms with van der Waals surface area (Å²) in [6.07, 6.45) is 0. The predicted molar refractivity (Wildman–Crippen MR) is 131 cm³/mol. The Morgan fingerprint density at radius 2 is 1.00 bits per heavy atom. The lowest BCUT2D eigenvalue weighted by atomic mass is 10.0. The van der Waals surface area contributed by atoms with E-state index in [0.29, 0.717) is 17.4 Å². The van der Waals surface area contributed by atoms with Gasteiger partial charge in [0, 0.05) is 22.5 Å². The third-order valence-corrected chi connectivity index (χ3v) is 5.01. The van der Waals surface area contributed by atoms with Crippen molar-refractivity contribution in [1.82, 2.24) is 10.9 Å². The van der Waals surface area contributed by atoms with Crippen LogP contribution in [0.1, 0.15) is 25.0 Å². The molecule has 0 fully saturated rings. The van der Waals surface area contributed by atoms with Crippen LogP contribution >= 0.6 is 0 Å². The maximum Gasteiger partial charge on any atom is 0.282 e. The van der Waals surface area contributed by atoms with Gasteiger partial charge in [-0.2, -0.15) is 0 Å². The van der Waals surface area contributed by atoms with Gasteiger partial charge in [0.1, 0.15) is 0 Å². The zero-order valence-electron chi connectivity index (χ0n) is 19.3. The minimum absolute atomic E-state index is 0.0289. The van der Waals surface area contributed by atoms with E-state index in [-0.39, 0.29) is 11.4 Å². The van der Waals surface area contributed by atoms with Gasteiger partial charge in [-0.3, -0.25) is 20.2 Å². The van der Waals surface area contributed by atoms with Gasteiger partial charge in [0.05, 0.1) is 27.3 Å². The lowest BCUT2D eigenvalue weighted by molar-refractivity contribution is -0.395. The zero-order chi connectivity index (χ0) is 26.2. The quantitative estimate of drug-likeness (QED) is 0.187. The van der Waals surface area contributed by atoms with E-state index in [1.807, 2.05) is 0 Å². The predicted octanol–water partition coefficient (Wildman–Crippen LogP) is 2.83. The van der Waals surface area contributed by atoms with Crippen LogP contribution in [0.15, 0.2) is 84.2 Å². The van der Waals surface area contributed by atoms with Gasteiger partial charge in [0.2, 0.25) is 0 Å². The summed E-state index contributed by atoms with van der Waals surface area (Å²) in [6.45, 7) is 2.77. The molecule has 0 aliphatic rings. The Hall–Kier alpha value is -5.26. The first-order valence-electron chi connectivity index (χ1n) is 10.6. The van der Waals surface area contributed by atoms with Crippen LogP contribution < -0.4 is 31.9 Å². The molecule has 0 heterocycles. The topological polar surface area (TPSA) is 181 Å². The van der Waals surface area contributed by atoms with Crippen LogP contribution in [-0.4, -0.2) is 9.85 Å². The smallest absolute Gasteiger partial charge is 0.282 e. The van der Waals surface area contributed by atoms with Crippen molar-refractivity contribution >= 4 is 34.3 Å². The summed E-state index contributed by atoms with van der Waals surface area (Å²) in [4.78, 5) is 21.5. The average Bonchev–Trinajstić information content (AvgIpc) is 2.89. The van der Waals surface area contributed by atoms with Gasteiger partial charge in [-0.15, -0.1) is 0 Å². The van der Waals surface area contributed by atoms with Crippen LogP contribution in [0, 0.1) is 20.2 Å². The highest BCUT2D eigenvalue weighted by Crippen LogP contribution is 2.35. The summed E-state index contributed by atoms with van der Waals surface area (Å²) >= 11 is 0. The minimum atomic E-state index is -0.905. The highest BCUT2D eigenvalue weighted by molar-refractivity contribution is 5.78. The number of nitro groups is 2. The van der Waals surface area contributed by atoms with E-state index in [9.17, 15) is 30.4 Å². The van der Waals surface area contributed by atoms with E-state index >= 15 is 0 Å². The van der Waals surface area contributed by atoms with Crippen LogP contribution in [0.5, 0.6) is 0 Å². The number of benzene rings is 3. The van der Waals surface area contributed by atoms with E-state index in [1.54, 1.807) is 60.7 Å². The molecule has 12 heteroatoms. The SMILES string of the molecule is CC(NNc1ccccc1)=C([O-])c1cc(C([O-])=C(C)NNc2ccccc2)c([N+](=O)[O-])cc1[N+](=O)[O-]. The second-order valence-corrected chi connectivity index (χ2v) is 7.54. The number of allylic oxidation sites excluding steroid dienone is 2. The highest BCUT2D eigenvalue weighted by Gasteiger charge is 2.25. The molecule has 0 aliphatic carbocycles. The van der Waals surface area contributed by atoms with Gasteiger partial charge in [0.25, 0.3) is 11.4 Å². The summed E-state index contributed by atoms with van der Waals surface area (Å²) in [5, 5.41) is 49.4. The molecule has 36 heavy (non-hydrogen) atoms. The van der Waals surface area contributed by atoms with Gasteiger partial charge in [-0.1, -0.05) is 47.9 Å². The average molecular weight is 490 g/mol. The number of nitro benzene ring substituents is 2. The fourth-order valence-electron chi connectivity index (χ4n) is 3.14. The number of nitrogens with one attached hydrogen (secondary N) is 4. The molecule has 186 valence electrons. The Bertz CT molecular complexity index is 1230. The number of nitrogens with zero attached hydrogens (tertiary/aromatic N) is 2. The summed E-state index contributed by atoms with van der Waals surface area (Å²) in [7, 11) is 0. The van der Waals surface area contributed by atoms with E-state index < -0.39 is 43.9 Å². The van der Waals surface area contributed by atoms with Gasteiger partial charge in [-0.25, -0.2) is 0 Å². The molecule has 0 bridgehead atoms. The second kappa shape index (κ2) is 11.2. The Morgan fingerprint density at radius 1 is 0.639 bits per heavy atom. The molecular formula is C24H22N6O6-2. The largest absolute Gasteiger partial charge is 0.871 e. The molecule has 0 atom stereocenters. The Balaban J connectivity index is 2.02. The maximum atomic E-state index is 13.1. The fraction of sp³-hybridized carbons (Fsp3) is 0.0833. The number of para-hydroxylation sites is 2. The number of hydrogen-bond acceptors (Lipinski definition) is 10. The first-order chi connectivity index (χ1) is 17.2. The summed E-state index contributed by atoms with van der Waals surface area (Å²) in [5.74, 6) is -1.63. The monoisotopic (exact) mass is 490 g/mol. The van der Waals surface area contributed by atoms with Gasteiger partial charge < -0.3 is 31.9 Å². The first-order valence-corrected chi connectivity index (χ1v) is 10.6. The van der Waals surface area contributed by atoms with E-state index in [1.165, 1.54) is 13.8 Å². The molecule has 4 N–H and O–H groups in total. The van der Waals surface area contributed by atoms with Crippen molar-refractivity contribution in [2.45, 2.75) is 13.8 Å². The molecule has 0 spiro atoms. The molecule has 3 aromatic rings. The lowest BCUT2D eigenvalue weighted by Crippen LogP contribution is -2.24. The van der Waals surface area contributed by atoms with Crippen molar-refractivity contribution in [3.63, 3.8) is 0 Å². The number of anilines is 2. The number of rotatable bonds is 10. The summed E-state index contributed by atoms with van der Waals surface area (Å²) in [5.41, 5.74) is 9.55. The van der Waals surface area contributed by atoms with E-state index in [0.717, 1.165) is 6.07 Å². The Kier molecular flexibility index (Phi) is 7.92. The molecule has 0 aliphatic heterocycles. The second-order valence-electron chi connectivity index (χ2n) is 7.54. The highest BCUT2D eigenvalue weighted by atomic mass is 16.6. The number of hydrazine groups is 2. The molecule has 0 radical (unpaired) electrons. The molecule has 3 rings (SSSR count). The zero-order valence-corrected chi connectivity index (χ0v) is 19.3. The molecule has 12 nitrogen and oxygen atoms in total.